The summed E-state index contributed by atoms with van der Waals surface area (Å²) in [7, 11) is 0. The van der Waals surface area contributed by atoms with E-state index >= 15 is 0 Å². The van der Waals surface area contributed by atoms with Gasteiger partial charge in [0.25, 0.3) is 0 Å². The summed E-state index contributed by atoms with van der Waals surface area (Å²) in [6.45, 7) is 2.13. The van der Waals surface area contributed by atoms with Crippen LogP contribution in [0.15, 0.2) is 11.6 Å². The molecule has 13 heavy (non-hydrogen) atoms. The molecule has 0 saturated heterocycles. The minimum Gasteiger partial charge on any atom is -0.478 e. The van der Waals surface area contributed by atoms with Gasteiger partial charge in [0.1, 0.15) is 0 Å². The fraction of sp³-hybridized carbons (Fsp3) is 0.667. The average Bonchev–Trinajstić information content (AvgIpc) is 2.00. The number of hydrogen-bond acceptors (Lipinski definition) is 3. The Hall–Kier alpha value is -0.870. The van der Waals surface area contributed by atoms with E-state index in [0.29, 0.717) is 18.2 Å². The predicted molar refractivity (Wildman–Crippen MR) is 48.4 cm³/mol. The molecule has 0 spiro atoms. The van der Waals surface area contributed by atoms with Crippen LogP contribution >= 0.6 is 0 Å². The van der Waals surface area contributed by atoms with E-state index in [2.05, 4.69) is 5.32 Å². The van der Waals surface area contributed by atoms with Gasteiger partial charge in [-0.3, -0.25) is 0 Å². The molecule has 1 aliphatic rings. The SMILES string of the molecule is CC(=CCNC1CC(O)C1)C(=O)O. The summed E-state index contributed by atoms with van der Waals surface area (Å²) in [6, 6.07) is 0.354. The van der Waals surface area contributed by atoms with Crippen LogP contribution in [0.3, 0.4) is 0 Å². The van der Waals surface area contributed by atoms with E-state index in [-0.39, 0.29) is 6.10 Å². The number of nitrogens with one attached hydrogen (secondary N) is 1. The van der Waals surface area contributed by atoms with Crippen LogP contribution in [0.25, 0.3) is 0 Å². The number of carboxylic acids is 1. The van der Waals surface area contributed by atoms with E-state index in [4.69, 9.17) is 10.2 Å². The van der Waals surface area contributed by atoms with E-state index in [9.17, 15) is 4.79 Å². The Morgan fingerprint density at radius 2 is 2.23 bits per heavy atom. The van der Waals surface area contributed by atoms with Gasteiger partial charge in [-0.05, 0) is 19.8 Å². The lowest BCUT2D eigenvalue weighted by Gasteiger charge is -2.31. The number of rotatable bonds is 4. The van der Waals surface area contributed by atoms with Gasteiger partial charge in [0.15, 0.2) is 0 Å². The molecule has 4 nitrogen and oxygen atoms in total. The minimum atomic E-state index is -0.879. The van der Waals surface area contributed by atoms with Gasteiger partial charge in [-0.25, -0.2) is 4.79 Å². The molecule has 0 amide bonds. The van der Waals surface area contributed by atoms with Crippen molar-refractivity contribution in [3.05, 3.63) is 11.6 Å². The third-order valence-electron chi connectivity index (χ3n) is 2.27. The molecule has 74 valence electrons. The fourth-order valence-corrected chi connectivity index (χ4v) is 1.22. The molecule has 1 saturated carbocycles. The van der Waals surface area contributed by atoms with E-state index in [1.165, 1.54) is 0 Å². The van der Waals surface area contributed by atoms with Gasteiger partial charge in [0, 0.05) is 18.2 Å². The number of hydrogen-bond donors (Lipinski definition) is 3. The molecule has 1 fully saturated rings. The Morgan fingerprint density at radius 3 is 2.69 bits per heavy atom. The molecule has 0 aromatic heterocycles. The van der Waals surface area contributed by atoms with E-state index in [0.717, 1.165) is 12.8 Å². The normalized spacial score (nSPS) is 28.3. The molecule has 0 aromatic carbocycles. The second-order valence-electron chi connectivity index (χ2n) is 3.42. The highest BCUT2D eigenvalue weighted by molar-refractivity contribution is 5.85. The summed E-state index contributed by atoms with van der Waals surface area (Å²) >= 11 is 0. The summed E-state index contributed by atoms with van der Waals surface area (Å²) in [5.74, 6) is -0.879. The highest BCUT2D eigenvalue weighted by Gasteiger charge is 2.25. The van der Waals surface area contributed by atoms with Gasteiger partial charge in [0.2, 0.25) is 0 Å². The first-order chi connectivity index (χ1) is 6.09. The monoisotopic (exact) mass is 185 g/mol. The lowest BCUT2D eigenvalue weighted by Crippen LogP contribution is -2.44. The zero-order valence-electron chi connectivity index (χ0n) is 7.66. The van der Waals surface area contributed by atoms with Crippen molar-refractivity contribution < 1.29 is 15.0 Å². The number of aliphatic hydroxyl groups is 1. The van der Waals surface area contributed by atoms with Crippen LogP contribution in [-0.4, -0.2) is 34.9 Å². The van der Waals surface area contributed by atoms with Crippen LogP contribution in [-0.2, 0) is 4.79 Å². The zero-order chi connectivity index (χ0) is 9.84. The standard InChI is InChI=1S/C9H15NO3/c1-6(9(12)13)2-3-10-7-4-8(11)5-7/h2,7-8,10-11H,3-5H2,1H3,(H,12,13). The van der Waals surface area contributed by atoms with Crippen molar-refractivity contribution in [1.82, 2.24) is 5.32 Å². The first-order valence-corrected chi connectivity index (χ1v) is 4.41. The highest BCUT2D eigenvalue weighted by atomic mass is 16.4. The Labute approximate surface area is 77.3 Å². The van der Waals surface area contributed by atoms with Crippen LogP contribution in [0.1, 0.15) is 19.8 Å². The summed E-state index contributed by atoms with van der Waals surface area (Å²) in [6.07, 6.45) is 3.04. The van der Waals surface area contributed by atoms with E-state index in [1.54, 1.807) is 13.0 Å². The van der Waals surface area contributed by atoms with Crippen LogP contribution < -0.4 is 5.32 Å². The lowest BCUT2D eigenvalue weighted by molar-refractivity contribution is -0.132. The Balaban J connectivity index is 2.13. The van der Waals surface area contributed by atoms with E-state index < -0.39 is 5.97 Å². The summed E-state index contributed by atoms with van der Waals surface area (Å²) in [5, 5.41) is 20.6. The second kappa shape index (κ2) is 4.39. The first kappa shape index (κ1) is 10.2. The van der Waals surface area contributed by atoms with Gasteiger partial charge >= 0.3 is 5.97 Å². The van der Waals surface area contributed by atoms with Crippen molar-refractivity contribution in [1.29, 1.82) is 0 Å². The van der Waals surface area contributed by atoms with Gasteiger partial charge in [-0.15, -0.1) is 0 Å². The third-order valence-corrected chi connectivity index (χ3v) is 2.27. The lowest BCUT2D eigenvalue weighted by atomic mass is 9.89. The van der Waals surface area contributed by atoms with Crippen molar-refractivity contribution in [2.75, 3.05) is 6.54 Å². The fourth-order valence-electron chi connectivity index (χ4n) is 1.22. The van der Waals surface area contributed by atoms with Gasteiger partial charge in [-0.2, -0.15) is 0 Å². The second-order valence-corrected chi connectivity index (χ2v) is 3.42. The molecule has 0 bridgehead atoms. The highest BCUT2D eigenvalue weighted by Crippen LogP contribution is 2.18. The van der Waals surface area contributed by atoms with Crippen LogP contribution in [0.2, 0.25) is 0 Å². The molecular weight excluding hydrogens is 170 g/mol. The molecule has 1 rings (SSSR count). The summed E-state index contributed by atoms with van der Waals surface area (Å²) < 4.78 is 0. The third kappa shape index (κ3) is 3.16. The van der Waals surface area contributed by atoms with Crippen molar-refractivity contribution in [3.63, 3.8) is 0 Å². The minimum absolute atomic E-state index is 0.165. The predicted octanol–water partition coefficient (Wildman–Crippen LogP) is 0.130. The van der Waals surface area contributed by atoms with E-state index in [1.807, 2.05) is 0 Å². The van der Waals surface area contributed by atoms with Gasteiger partial charge < -0.3 is 15.5 Å². The molecule has 0 aliphatic heterocycles. The maximum atomic E-state index is 10.4. The van der Waals surface area contributed by atoms with Gasteiger partial charge in [-0.1, -0.05) is 6.08 Å². The van der Waals surface area contributed by atoms with Crippen molar-refractivity contribution in [2.45, 2.75) is 31.9 Å². The van der Waals surface area contributed by atoms with Crippen molar-refractivity contribution >= 4 is 5.97 Å². The quantitative estimate of drug-likeness (QED) is 0.544. The molecule has 3 N–H and O–H groups in total. The molecule has 0 atom stereocenters. The Morgan fingerprint density at radius 1 is 1.62 bits per heavy atom. The number of carbonyl (C=O) groups is 1. The molecule has 0 aromatic rings. The number of aliphatic hydroxyl groups excluding tert-OH is 1. The smallest absolute Gasteiger partial charge is 0.330 e. The largest absolute Gasteiger partial charge is 0.478 e. The number of aliphatic carboxylic acids is 1. The molecule has 0 heterocycles. The van der Waals surface area contributed by atoms with Gasteiger partial charge in [0.05, 0.1) is 6.10 Å². The Bertz CT molecular complexity index is 219. The molecule has 0 unspecified atom stereocenters. The molecule has 0 radical (unpaired) electrons. The van der Waals surface area contributed by atoms with Crippen LogP contribution in [0, 0.1) is 0 Å². The van der Waals surface area contributed by atoms with Crippen LogP contribution in [0.4, 0.5) is 0 Å². The summed E-state index contributed by atoms with van der Waals surface area (Å²) in [5.41, 5.74) is 0.354. The van der Waals surface area contributed by atoms with Crippen molar-refractivity contribution in [3.8, 4) is 0 Å². The molecule has 1 aliphatic carbocycles. The maximum Gasteiger partial charge on any atom is 0.330 e. The molecule has 4 heteroatoms. The first-order valence-electron chi connectivity index (χ1n) is 4.41. The summed E-state index contributed by atoms with van der Waals surface area (Å²) in [4.78, 5) is 10.4. The Kier molecular flexibility index (Phi) is 3.45. The number of carboxylic acid groups (broad SMARTS) is 1. The van der Waals surface area contributed by atoms with Crippen LogP contribution in [0.5, 0.6) is 0 Å². The topological polar surface area (TPSA) is 69.6 Å². The zero-order valence-corrected chi connectivity index (χ0v) is 7.66. The van der Waals surface area contributed by atoms with Crippen molar-refractivity contribution in [2.24, 2.45) is 0 Å². The molecular formula is C9H15NO3. The average molecular weight is 185 g/mol. The maximum absolute atomic E-state index is 10.4.